The highest BCUT2D eigenvalue weighted by molar-refractivity contribution is 6.39. The lowest BCUT2D eigenvalue weighted by molar-refractivity contribution is -0.145. The lowest BCUT2D eigenvalue weighted by Gasteiger charge is -2.35. The van der Waals surface area contributed by atoms with E-state index in [0.29, 0.717) is 18.5 Å². The van der Waals surface area contributed by atoms with Crippen LogP contribution >= 0.6 is 0 Å². The molecule has 1 aliphatic rings. The molecule has 1 aromatic carbocycles. The summed E-state index contributed by atoms with van der Waals surface area (Å²) in [6, 6.07) is 5.40. The van der Waals surface area contributed by atoms with E-state index >= 15 is 0 Å². The summed E-state index contributed by atoms with van der Waals surface area (Å²) in [5.74, 6) is -2.68. The van der Waals surface area contributed by atoms with Crippen LogP contribution in [0.5, 0.6) is 5.75 Å². The molecular weight excluding hydrogens is 379 g/mol. The maximum atomic E-state index is 13.7. The van der Waals surface area contributed by atoms with Crippen molar-refractivity contribution in [3.05, 3.63) is 53.6 Å². The number of primary amides is 1. The number of carbonyl (C=O) groups is 3. The average Bonchev–Trinajstić information content (AvgIpc) is 2.73. The first kappa shape index (κ1) is 20.2. The molecule has 3 amide bonds. The number of hydrogen-bond acceptors (Lipinski definition) is 5. The van der Waals surface area contributed by atoms with Gasteiger partial charge in [-0.05, 0) is 43.0 Å². The molecule has 2 aromatic rings. The third kappa shape index (κ3) is 4.50. The molecule has 2 heterocycles. The van der Waals surface area contributed by atoms with E-state index in [1.54, 1.807) is 12.1 Å². The van der Waals surface area contributed by atoms with Crippen LogP contribution in [0.4, 0.5) is 10.1 Å². The van der Waals surface area contributed by atoms with Crippen LogP contribution in [0.3, 0.4) is 0 Å². The number of benzene rings is 1. The van der Waals surface area contributed by atoms with Gasteiger partial charge in [0, 0.05) is 12.7 Å². The third-order valence-electron chi connectivity index (χ3n) is 4.80. The van der Waals surface area contributed by atoms with Gasteiger partial charge in [-0.3, -0.25) is 19.4 Å². The van der Waals surface area contributed by atoms with E-state index in [9.17, 15) is 18.8 Å². The molecule has 1 aromatic heterocycles. The van der Waals surface area contributed by atoms with Crippen LogP contribution in [0.25, 0.3) is 0 Å². The first-order chi connectivity index (χ1) is 13.9. The van der Waals surface area contributed by atoms with Crippen molar-refractivity contribution in [1.29, 1.82) is 0 Å². The molecule has 1 saturated heterocycles. The fourth-order valence-corrected chi connectivity index (χ4v) is 3.36. The molecular formula is C20H21FN4O4. The first-order valence-corrected chi connectivity index (χ1v) is 9.11. The van der Waals surface area contributed by atoms with E-state index in [-0.39, 0.29) is 23.0 Å². The summed E-state index contributed by atoms with van der Waals surface area (Å²) in [6.07, 6.45) is 4.86. The number of carbonyl (C=O) groups excluding carboxylic acids is 3. The molecule has 0 spiro atoms. The van der Waals surface area contributed by atoms with Gasteiger partial charge in [-0.25, -0.2) is 4.39 Å². The molecule has 1 atom stereocenters. The van der Waals surface area contributed by atoms with Gasteiger partial charge in [-0.1, -0.05) is 6.07 Å². The number of anilines is 1. The van der Waals surface area contributed by atoms with Crippen LogP contribution in [0, 0.1) is 5.82 Å². The number of pyridine rings is 1. The molecule has 1 aliphatic heterocycles. The minimum Gasteiger partial charge on any atom is -0.494 e. The Balaban J connectivity index is 1.79. The molecule has 0 unspecified atom stereocenters. The predicted octanol–water partition coefficient (Wildman–Crippen LogP) is 2.02. The number of piperidine rings is 1. The van der Waals surface area contributed by atoms with Crippen molar-refractivity contribution in [2.75, 3.05) is 19.0 Å². The monoisotopic (exact) mass is 400 g/mol. The number of rotatable bonds is 4. The number of hydrogen-bond donors (Lipinski definition) is 2. The zero-order chi connectivity index (χ0) is 21.0. The Labute approximate surface area is 166 Å². The predicted molar refractivity (Wildman–Crippen MR) is 103 cm³/mol. The summed E-state index contributed by atoms with van der Waals surface area (Å²) in [7, 11) is 1.37. The second-order valence-corrected chi connectivity index (χ2v) is 6.68. The normalized spacial score (nSPS) is 16.2. The Morgan fingerprint density at radius 2 is 2.03 bits per heavy atom. The highest BCUT2D eigenvalue weighted by atomic mass is 19.1. The lowest BCUT2D eigenvalue weighted by Crippen LogP contribution is -2.44. The van der Waals surface area contributed by atoms with Gasteiger partial charge >= 0.3 is 11.8 Å². The van der Waals surface area contributed by atoms with Gasteiger partial charge in [0.05, 0.1) is 30.6 Å². The Morgan fingerprint density at radius 3 is 2.76 bits per heavy atom. The van der Waals surface area contributed by atoms with Crippen LogP contribution in [-0.4, -0.2) is 41.3 Å². The summed E-state index contributed by atoms with van der Waals surface area (Å²) in [5.41, 5.74) is 6.21. The number of likely N-dealkylation sites (tertiary alicyclic amines) is 1. The van der Waals surface area contributed by atoms with E-state index in [2.05, 4.69) is 10.3 Å². The summed E-state index contributed by atoms with van der Waals surface area (Å²) >= 11 is 0. The molecule has 0 saturated carbocycles. The van der Waals surface area contributed by atoms with E-state index in [0.717, 1.165) is 12.8 Å². The van der Waals surface area contributed by atoms with Gasteiger partial charge in [0.2, 0.25) is 5.91 Å². The molecule has 0 radical (unpaired) electrons. The van der Waals surface area contributed by atoms with Crippen molar-refractivity contribution in [3.63, 3.8) is 0 Å². The molecule has 9 heteroatoms. The van der Waals surface area contributed by atoms with Gasteiger partial charge in [0.25, 0.3) is 0 Å². The average molecular weight is 400 g/mol. The van der Waals surface area contributed by atoms with Crippen LogP contribution in [-0.2, 0) is 9.59 Å². The first-order valence-electron chi connectivity index (χ1n) is 9.11. The largest absolute Gasteiger partial charge is 0.494 e. The van der Waals surface area contributed by atoms with Gasteiger partial charge in [-0.15, -0.1) is 0 Å². The van der Waals surface area contributed by atoms with E-state index < -0.39 is 23.5 Å². The molecule has 152 valence electrons. The maximum Gasteiger partial charge on any atom is 0.313 e. The molecule has 0 aliphatic carbocycles. The van der Waals surface area contributed by atoms with E-state index in [1.165, 1.54) is 36.5 Å². The van der Waals surface area contributed by atoms with Gasteiger partial charge in [0.1, 0.15) is 0 Å². The minimum atomic E-state index is -0.852. The molecule has 0 bridgehead atoms. The minimum absolute atomic E-state index is 0.0827. The van der Waals surface area contributed by atoms with Crippen molar-refractivity contribution >= 4 is 23.4 Å². The van der Waals surface area contributed by atoms with Gasteiger partial charge < -0.3 is 20.7 Å². The maximum absolute atomic E-state index is 13.7. The number of halogens is 1. The Hall–Kier alpha value is -3.49. The van der Waals surface area contributed by atoms with E-state index in [1.807, 2.05) is 0 Å². The van der Waals surface area contributed by atoms with Crippen LogP contribution in [0.1, 0.15) is 41.2 Å². The number of nitrogens with zero attached hydrogens (tertiary/aromatic N) is 2. The Bertz CT molecular complexity index is 950. The highest BCUT2D eigenvalue weighted by Crippen LogP contribution is 2.33. The van der Waals surface area contributed by atoms with Crippen molar-refractivity contribution in [2.45, 2.75) is 25.3 Å². The molecule has 29 heavy (non-hydrogen) atoms. The fourth-order valence-electron chi connectivity index (χ4n) is 3.36. The highest BCUT2D eigenvalue weighted by Gasteiger charge is 2.32. The number of nitrogens with two attached hydrogens (primary N) is 1. The number of ether oxygens (including phenoxy) is 1. The van der Waals surface area contributed by atoms with Crippen LogP contribution in [0.15, 0.2) is 36.7 Å². The fraction of sp³-hybridized carbons (Fsp3) is 0.300. The smallest absolute Gasteiger partial charge is 0.313 e. The van der Waals surface area contributed by atoms with Crippen molar-refractivity contribution < 1.29 is 23.5 Å². The van der Waals surface area contributed by atoms with Crippen LogP contribution in [0.2, 0.25) is 0 Å². The Morgan fingerprint density at radius 1 is 1.24 bits per heavy atom. The molecule has 1 fully saturated rings. The SMILES string of the molecule is COc1cc([C@@H]2CCCCN2C(=O)C(=O)Nc2cncc(C(N)=O)c2)ccc1F. The lowest BCUT2D eigenvalue weighted by atomic mass is 9.94. The number of aromatic nitrogens is 1. The van der Waals surface area contributed by atoms with Crippen molar-refractivity contribution in [2.24, 2.45) is 5.73 Å². The Kier molecular flexibility index (Phi) is 6.06. The topological polar surface area (TPSA) is 115 Å². The summed E-state index contributed by atoms with van der Waals surface area (Å²) in [4.78, 5) is 41.9. The number of methoxy groups -OCH3 is 1. The second-order valence-electron chi connectivity index (χ2n) is 6.68. The summed E-state index contributed by atoms with van der Waals surface area (Å²) < 4.78 is 18.8. The van der Waals surface area contributed by atoms with E-state index in [4.69, 9.17) is 10.5 Å². The summed E-state index contributed by atoms with van der Waals surface area (Å²) in [6.45, 7) is 0.399. The van der Waals surface area contributed by atoms with Crippen molar-refractivity contribution in [3.8, 4) is 5.75 Å². The zero-order valence-corrected chi connectivity index (χ0v) is 15.9. The van der Waals surface area contributed by atoms with Crippen molar-refractivity contribution in [1.82, 2.24) is 9.88 Å². The van der Waals surface area contributed by atoms with Crippen LogP contribution < -0.4 is 15.8 Å². The summed E-state index contributed by atoms with van der Waals surface area (Å²) in [5, 5.41) is 2.45. The zero-order valence-electron chi connectivity index (χ0n) is 15.9. The number of amides is 3. The quantitative estimate of drug-likeness (QED) is 0.762. The third-order valence-corrected chi connectivity index (χ3v) is 4.80. The van der Waals surface area contributed by atoms with Gasteiger partial charge in [0.15, 0.2) is 11.6 Å². The molecule has 3 rings (SSSR count). The number of nitrogens with one attached hydrogen (secondary N) is 1. The standard InChI is InChI=1S/C20H21FN4O4/c1-29-17-9-12(5-6-15(17)21)16-4-2-3-7-25(16)20(28)19(27)24-14-8-13(18(22)26)10-23-11-14/h5-6,8-11,16H,2-4,7H2,1H3,(H2,22,26)(H,24,27)/t16-/m0/s1. The molecule has 3 N–H and O–H groups in total. The molecule has 8 nitrogen and oxygen atoms in total. The second kappa shape index (κ2) is 8.68. The van der Waals surface area contributed by atoms with Gasteiger partial charge in [-0.2, -0.15) is 0 Å².